The fourth-order valence-electron chi connectivity index (χ4n) is 1.38. The number of nitrogen functional groups attached to an aromatic ring is 1. The quantitative estimate of drug-likeness (QED) is 0.917. The number of ether oxygens (including phenoxy) is 2. The molecule has 17 heavy (non-hydrogen) atoms. The number of methoxy groups -OCH3 is 1. The highest BCUT2D eigenvalue weighted by atomic mass is 32.1. The molecule has 0 radical (unpaired) electrons. The first-order valence-corrected chi connectivity index (χ1v) is 5.57. The zero-order chi connectivity index (χ0) is 12.4. The molecule has 0 atom stereocenters. The van der Waals surface area contributed by atoms with Gasteiger partial charge in [0.05, 0.1) is 17.3 Å². The van der Waals surface area contributed by atoms with Crippen LogP contribution in [0.1, 0.15) is 0 Å². The second-order valence-corrected chi connectivity index (χ2v) is 4.29. The Morgan fingerprint density at radius 2 is 2.18 bits per heavy atom. The number of hydrogen-bond donors (Lipinski definition) is 1. The van der Waals surface area contributed by atoms with Gasteiger partial charge in [0.1, 0.15) is 6.61 Å². The van der Waals surface area contributed by atoms with E-state index in [0.717, 1.165) is 4.70 Å². The van der Waals surface area contributed by atoms with Crippen molar-refractivity contribution in [2.75, 3.05) is 19.5 Å². The molecule has 92 valence electrons. The number of hydrogen-bond acceptors (Lipinski definition) is 5. The van der Waals surface area contributed by atoms with E-state index >= 15 is 0 Å². The van der Waals surface area contributed by atoms with E-state index in [1.165, 1.54) is 18.4 Å². The number of nitrogens with zero attached hydrogens (tertiary/aromatic N) is 1. The van der Waals surface area contributed by atoms with E-state index in [-0.39, 0.29) is 5.75 Å². The second-order valence-electron chi connectivity index (χ2n) is 3.22. The number of aromatic nitrogens is 1. The van der Waals surface area contributed by atoms with Gasteiger partial charge >= 0.3 is 0 Å². The van der Waals surface area contributed by atoms with Crippen molar-refractivity contribution in [2.24, 2.45) is 0 Å². The minimum absolute atomic E-state index is 0.268. The van der Waals surface area contributed by atoms with Crippen LogP contribution in [0.2, 0.25) is 0 Å². The lowest BCUT2D eigenvalue weighted by Gasteiger charge is -2.09. The Morgan fingerprint density at radius 1 is 1.41 bits per heavy atom. The monoisotopic (exact) mass is 260 g/mol. The van der Waals surface area contributed by atoms with E-state index in [0.29, 0.717) is 16.4 Å². The Bertz CT molecular complexity index is 530. The van der Waals surface area contributed by atoms with Crippen LogP contribution in [0.3, 0.4) is 0 Å². The number of halogens is 2. The minimum atomic E-state index is -2.53. The highest BCUT2D eigenvalue weighted by Gasteiger charge is 2.12. The first-order chi connectivity index (χ1) is 8.10. The lowest BCUT2D eigenvalue weighted by atomic mass is 10.3. The van der Waals surface area contributed by atoms with Crippen molar-refractivity contribution < 1.29 is 18.3 Å². The van der Waals surface area contributed by atoms with Crippen LogP contribution < -0.4 is 15.2 Å². The summed E-state index contributed by atoms with van der Waals surface area (Å²) in [5, 5.41) is 0.410. The normalized spacial score (nSPS) is 11.1. The van der Waals surface area contributed by atoms with Crippen molar-refractivity contribution in [1.82, 2.24) is 4.98 Å². The van der Waals surface area contributed by atoms with Crippen molar-refractivity contribution in [2.45, 2.75) is 6.43 Å². The maximum Gasteiger partial charge on any atom is 0.272 e. The van der Waals surface area contributed by atoms with E-state index in [4.69, 9.17) is 15.2 Å². The summed E-state index contributed by atoms with van der Waals surface area (Å²) in [7, 11) is 1.44. The standard InChI is InChI=1S/C10H10F2N2O2S/c1-15-6-2-5-8(17-10(13)14-5)3-7(6)16-4-9(11)12/h2-3,9H,4H2,1H3,(H2,13,14). The predicted octanol–water partition coefficient (Wildman–Crippen LogP) is 2.53. The maximum atomic E-state index is 12.1. The molecular formula is C10H10F2N2O2S. The average Bonchev–Trinajstić information content (AvgIpc) is 2.63. The van der Waals surface area contributed by atoms with Gasteiger partial charge in [0.15, 0.2) is 16.6 Å². The molecular weight excluding hydrogens is 250 g/mol. The highest BCUT2D eigenvalue weighted by Crippen LogP contribution is 2.35. The summed E-state index contributed by atoms with van der Waals surface area (Å²) >= 11 is 1.26. The molecule has 4 nitrogen and oxygen atoms in total. The van der Waals surface area contributed by atoms with Gasteiger partial charge in [0, 0.05) is 12.1 Å². The first-order valence-electron chi connectivity index (χ1n) is 4.75. The van der Waals surface area contributed by atoms with E-state index in [2.05, 4.69) is 4.98 Å². The summed E-state index contributed by atoms with van der Waals surface area (Å²) in [6, 6.07) is 3.22. The molecule has 7 heteroatoms. The van der Waals surface area contributed by atoms with Gasteiger partial charge < -0.3 is 15.2 Å². The van der Waals surface area contributed by atoms with Crippen LogP contribution in [-0.4, -0.2) is 25.1 Å². The number of benzene rings is 1. The van der Waals surface area contributed by atoms with Crippen LogP contribution in [0.25, 0.3) is 10.2 Å². The van der Waals surface area contributed by atoms with Gasteiger partial charge in [-0.3, -0.25) is 0 Å². The third-order valence-electron chi connectivity index (χ3n) is 2.06. The maximum absolute atomic E-state index is 12.1. The van der Waals surface area contributed by atoms with Gasteiger partial charge in [-0.15, -0.1) is 0 Å². The molecule has 1 aromatic carbocycles. The minimum Gasteiger partial charge on any atom is -0.493 e. The SMILES string of the molecule is COc1cc2nc(N)sc2cc1OCC(F)F. The fraction of sp³-hybridized carbons (Fsp3) is 0.300. The Labute approximate surface area is 100.0 Å². The molecule has 0 saturated carbocycles. The van der Waals surface area contributed by atoms with Gasteiger partial charge in [0.25, 0.3) is 6.43 Å². The fourth-order valence-corrected chi connectivity index (χ4v) is 2.12. The number of rotatable bonds is 4. The number of thiazole rings is 1. The lowest BCUT2D eigenvalue weighted by Crippen LogP contribution is -2.07. The van der Waals surface area contributed by atoms with Crippen LogP contribution in [0.5, 0.6) is 11.5 Å². The molecule has 0 aliphatic rings. The third-order valence-corrected chi connectivity index (χ3v) is 2.90. The Hall–Kier alpha value is -1.63. The van der Waals surface area contributed by atoms with Crippen molar-refractivity contribution in [1.29, 1.82) is 0 Å². The van der Waals surface area contributed by atoms with Crippen LogP contribution >= 0.6 is 11.3 Å². The summed E-state index contributed by atoms with van der Waals surface area (Å²) in [6.07, 6.45) is -2.53. The van der Waals surface area contributed by atoms with Crippen LogP contribution in [0.4, 0.5) is 13.9 Å². The summed E-state index contributed by atoms with van der Waals surface area (Å²) in [5.74, 6) is 0.632. The Balaban J connectivity index is 2.38. The Morgan fingerprint density at radius 3 is 2.82 bits per heavy atom. The molecule has 0 spiro atoms. The molecule has 0 unspecified atom stereocenters. The van der Waals surface area contributed by atoms with Gasteiger partial charge in [-0.05, 0) is 0 Å². The molecule has 0 saturated heterocycles. The lowest BCUT2D eigenvalue weighted by molar-refractivity contribution is 0.0805. The molecule has 0 aliphatic heterocycles. The predicted molar refractivity (Wildman–Crippen MR) is 62.1 cm³/mol. The summed E-state index contributed by atoms with van der Waals surface area (Å²) < 4.78 is 34.9. The third kappa shape index (κ3) is 2.55. The van der Waals surface area contributed by atoms with Gasteiger partial charge in [-0.25, -0.2) is 13.8 Å². The average molecular weight is 260 g/mol. The first kappa shape index (κ1) is 11.8. The summed E-state index contributed by atoms with van der Waals surface area (Å²) in [6.45, 7) is -0.670. The summed E-state index contributed by atoms with van der Waals surface area (Å²) in [4.78, 5) is 4.07. The van der Waals surface area contributed by atoms with E-state index in [9.17, 15) is 8.78 Å². The largest absolute Gasteiger partial charge is 0.493 e. The van der Waals surface area contributed by atoms with E-state index in [1.807, 2.05) is 0 Å². The second kappa shape index (κ2) is 4.70. The van der Waals surface area contributed by atoms with Gasteiger partial charge in [-0.1, -0.05) is 11.3 Å². The smallest absolute Gasteiger partial charge is 0.272 e. The molecule has 0 fully saturated rings. The molecule has 1 aromatic heterocycles. The molecule has 1 heterocycles. The number of nitrogens with two attached hydrogens (primary N) is 1. The van der Waals surface area contributed by atoms with Gasteiger partial charge in [-0.2, -0.15) is 0 Å². The van der Waals surface area contributed by atoms with Crippen LogP contribution in [0, 0.1) is 0 Å². The zero-order valence-corrected chi connectivity index (χ0v) is 9.76. The molecule has 0 bridgehead atoms. The number of anilines is 1. The highest BCUT2D eigenvalue weighted by molar-refractivity contribution is 7.22. The molecule has 0 amide bonds. The topological polar surface area (TPSA) is 57.4 Å². The number of fused-ring (bicyclic) bond motifs is 1. The van der Waals surface area contributed by atoms with Crippen molar-refractivity contribution in [3.8, 4) is 11.5 Å². The molecule has 2 aromatic rings. The Kier molecular flexibility index (Phi) is 3.28. The van der Waals surface area contributed by atoms with E-state index < -0.39 is 13.0 Å². The van der Waals surface area contributed by atoms with Crippen LogP contribution in [-0.2, 0) is 0 Å². The van der Waals surface area contributed by atoms with E-state index in [1.54, 1.807) is 12.1 Å². The molecule has 0 aliphatic carbocycles. The summed E-state index contributed by atoms with van der Waals surface area (Å²) in [5.41, 5.74) is 6.22. The molecule has 2 rings (SSSR count). The van der Waals surface area contributed by atoms with Crippen molar-refractivity contribution in [3.05, 3.63) is 12.1 Å². The van der Waals surface area contributed by atoms with Crippen molar-refractivity contribution >= 4 is 26.7 Å². The molecule has 2 N–H and O–H groups in total. The van der Waals surface area contributed by atoms with Crippen LogP contribution in [0.15, 0.2) is 12.1 Å². The number of alkyl halides is 2. The van der Waals surface area contributed by atoms with Crippen molar-refractivity contribution in [3.63, 3.8) is 0 Å². The zero-order valence-electron chi connectivity index (χ0n) is 8.94. The van der Waals surface area contributed by atoms with Gasteiger partial charge in [0.2, 0.25) is 0 Å².